The molecule has 0 unspecified atom stereocenters. The molecule has 2 N–H and O–H groups in total. The maximum atomic E-state index is 12.7. The standard InChI is InChI=1S/C22H28N2O5.C20H25BrN2O4.C4H7O.3C4H9.CH4.Sn/c1-13(2)19(20(26)28-6)24-21(27)22(4,5)12-29-18-10-17-9-15(14(3)25)7-8-16(17)11-23-18;1-12(2)17(18(24)26-5)23-19(25)20(3,4)11-27-16-9-14-8-15(21)7-6-13(14)10-22-16;1-3-5-4-2;3*1-3-4-2;;/h7-11,13,19H,12H2,1-6H3,(H,24,27);6-10,12,17H,11H2,1-5H3,(H,23,25);1,4H2,2H3;3*1,3-4H2,2H3;1H4;/t19-;17-;;;;;;/m00....../s1. The van der Waals surface area contributed by atoms with Gasteiger partial charge in [0.25, 0.3) is 0 Å². The van der Waals surface area contributed by atoms with E-state index in [0.717, 1.165) is 32.6 Å². The maximum absolute atomic E-state index is 12.7. The molecule has 2 atom stereocenters. The zero-order chi connectivity index (χ0) is 55.8. The number of halogens is 1. The van der Waals surface area contributed by atoms with Crippen LogP contribution in [0.2, 0.25) is 13.3 Å². The van der Waals surface area contributed by atoms with Gasteiger partial charge in [-0.15, -0.1) is 0 Å². The van der Waals surface area contributed by atoms with E-state index in [4.69, 9.17) is 23.7 Å². The van der Waals surface area contributed by atoms with Gasteiger partial charge >= 0.3 is 132 Å². The van der Waals surface area contributed by atoms with E-state index in [0.29, 0.717) is 17.3 Å². The molecular weight excluding hydrogens is 1120 g/mol. The zero-order valence-corrected chi connectivity index (χ0v) is 51.6. The predicted octanol–water partition coefficient (Wildman–Crippen LogP) is 13.4. The molecular formula is C59H91BrN4O10Sn. The molecule has 2 aromatic carbocycles. The van der Waals surface area contributed by atoms with Crippen molar-refractivity contribution >= 4 is 85.4 Å². The van der Waals surface area contributed by atoms with Gasteiger partial charge < -0.3 is 29.6 Å². The fourth-order valence-corrected chi connectivity index (χ4v) is 22.8. The summed E-state index contributed by atoms with van der Waals surface area (Å²) in [6.45, 7) is 30.2. The summed E-state index contributed by atoms with van der Waals surface area (Å²) in [7, 11) is 2.60. The SMILES string of the molecule is C.C=[C](OCC)[Sn]([CH2]CCC)([CH2]CCC)[CH2]CCC.COC(=O)[C@@H](NC(=O)C(C)(C)COc1cc2cc(Br)ccc2cn1)C(C)C.COC(=O)[C@@H](NC(=O)C(C)(C)COc1cc2cc(C(C)=O)ccc2cn1)C(C)C. The molecule has 0 fully saturated rings. The van der Waals surface area contributed by atoms with Crippen LogP contribution >= 0.6 is 15.9 Å². The second-order valence-corrected chi connectivity index (χ2v) is 35.0. The van der Waals surface area contributed by atoms with Crippen molar-refractivity contribution in [2.75, 3.05) is 34.0 Å². The number of ketones is 1. The summed E-state index contributed by atoms with van der Waals surface area (Å²) in [6, 6.07) is 13.4. The van der Waals surface area contributed by atoms with Crippen LogP contribution in [0.15, 0.2) is 75.8 Å². The fraction of sp³-hybridized carbons (Fsp3) is 0.576. The Morgan fingerprint density at radius 1 is 0.640 bits per heavy atom. The first-order chi connectivity index (χ1) is 34.8. The Bertz CT molecular complexity index is 2440. The fourth-order valence-electron chi connectivity index (χ4n) is 7.82. The molecule has 14 nitrogen and oxygen atoms in total. The summed E-state index contributed by atoms with van der Waals surface area (Å²) in [6.07, 6.45) is 11.5. The van der Waals surface area contributed by atoms with Gasteiger partial charge in [-0.25, -0.2) is 19.6 Å². The molecule has 2 heterocycles. The average Bonchev–Trinajstić information content (AvgIpc) is 3.37. The Morgan fingerprint density at radius 2 is 1.04 bits per heavy atom. The van der Waals surface area contributed by atoms with Gasteiger partial charge in [0.1, 0.15) is 25.3 Å². The van der Waals surface area contributed by atoms with Gasteiger partial charge in [0.05, 0.1) is 25.0 Å². The topological polar surface area (TPSA) is 181 Å². The predicted molar refractivity (Wildman–Crippen MR) is 310 cm³/mol. The summed E-state index contributed by atoms with van der Waals surface area (Å²) in [5.74, 6) is -0.966. The number of esters is 2. The van der Waals surface area contributed by atoms with Crippen LogP contribution in [0, 0.1) is 22.7 Å². The van der Waals surface area contributed by atoms with Crippen molar-refractivity contribution in [2.24, 2.45) is 22.7 Å². The van der Waals surface area contributed by atoms with E-state index in [1.807, 2.05) is 58.0 Å². The third kappa shape index (κ3) is 22.0. The van der Waals surface area contributed by atoms with E-state index < -0.39 is 53.2 Å². The number of aromatic nitrogens is 2. The van der Waals surface area contributed by atoms with Crippen molar-refractivity contribution in [3.05, 3.63) is 81.3 Å². The molecule has 0 saturated carbocycles. The van der Waals surface area contributed by atoms with Crippen molar-refractivity contribution in [3.63, 3.8) is 0 Å². The number of fused-ring (bicyclic) bond motifs is 2. The van der Waals surface area contributed by atoms with Gasteiger partial charge in [-0.05, 0) is 75.4 Å². The second kappa shape index (κ2) is 33.4. The molecule has 0 radical (unpaired) electrons. The summed E-state index contributed by atoms with van der Waals surface area (Å²) in [5.41, 5.74) is -1.15. The van der Waals surface area contributed by atoms with Gasteiger partial charge in [-0.1, -0.05) is 69.3 Å². The minimum Gasteiger partial charge on any atom is -0.477 e. The van der Waals surface area contributed by atoms with Gasteiger partial charge in [0.2, 0.25) is 23.6 Å². The Labute approximate surface area is 462 Å². The molecule has 2 amide bonds. The molecule has 0 aliphatic heterocycles. The van der Waals surface area contributed by atoms with Gasteiger partial charge in [0.15, 0.2) is 5.78 Å². The third-order valence-corrected chi connectivity index (χ3v) is 28.4. The molecule has 0 aliphatic rings. The number of pyridine rings is 2. The number of benzene rings is 2. The second-order valence-electron chi connectivity index (χ2n) is 20.9. The van der Waals surface area contributed by atoms with Crippen LogP contribution in [0.3, 0.4) is 0 Å². The molecule has 0 aliphatic carbocycles. The number of methoxy groups -OCH3 is 2. The van der Waals surface area contributed by atoms with Crippen LogP contribution in [0.4, 0.5) is 0 Å². The molecule has 16 heteroatoms. The summed E-state index contributed by atoms with van der Waals surface area (Å²) >= 11 is 1.20. The van der Waals surface area contributed by atoms with Crippen molar-refractivity contribution in [3.8, 4) is 11.8 Å². The smallest absolute Gasteiger partial charge is 0.328 e. The largest absolute Gasteiger partial charge is 0.477 e. The Balaban J connectivity index is 0.000000575. The summed E-state index contributed by atoms with van der Waals surface area (Å²) < 4.78 is 33.6. The first-order valence-corrected chi connectivity index (χ1v) is 34.4. The summed E-state index contributed by atoms with van der Waals surface area (Å²) in [4.78, 5) is 69.2. The number of carbonyl (C=O) groups is 5. The molecule has 0 bridgehead atoms. The van der Waals surface area contributed by atoms with Crippen molar-refractivity contribution in [2.45, 2.75) is 161 Å². The molecule has 75 heavy (non-hydrogen) atoms. The number of amides is 2. The number of hydrogen-bond donors (Lipinski definition) is 2. The number of nitrogens with zero attached hydrogens (tertiary/aromatic N) is 2. The van der Waals surface area contributed by atoms with E-state index in [9.17, 15) is 24.0 Å². The van der Waals surface area contributed by atoms with Gasteiger partial charge in [0, 0.05) is 45.3 Å². The minimum atomic E-state index is -2.24. The number of carbonyl (C=O) groups excluding carboxylic acids is 5. The minimum absolute atomic E-state index is 0. The van der Waals surface area contributed by atoms with Gasteiger partial charge in [-0.2, -0.15) is 0 Å². The first-order valence-electron chi connectivity index (χ1n) is 26.2. The van der Waals surface area contributed by atoms with E-state index in [1.165, 1.54) is 76.8 Å². The van der Waals surface area contributed by atoms with Crippen LogP contribution in [0.25, 0.3) is 21.5 Å². The monoisotopic (exact) mass is 1210 g/mol. The van der Waals surface area contributed by atoms with Crippen LogP contribution < -0.4 is 20.1 Å². The number of unbranched alkanes of at least 4 members (excludes halogenated alkanes) is 3. The molecule has 0 spiro atoms. The van der Waals surface area contributed by atoms with Crippen LogP contribution in [0.1, 0.15) is 146 Å². The van der Waals surface area contributed by atoms with Crippen molar-refractivity contribution in [1.82, 2.24) is 20.6 Å². The summed E-state index contributed by atoms with van der Waals surface area (Å²) in [5, 5.41) is 9.21. The number of hydrogen-bond acceptors (Lipinski definition) is 12. The molecule has 418 valence electrons. The van der Waals surface area contributed by atoms with Crippen molar-refractivity contribution < 1.29 is 47.7 Å². The van der Waals surface area contributed by atoms with Gasteiger partial charge in [-0.3, -0.25) is 14.4 Å². The Kier molecular flexibility index (Phi) is 30.4. The Hall–Kier alpha value is -4.77. The van der Waals surface area contributed by atoms with Crippen LogP contribution in [-0.2, 0) is 33.4 Å². The maximum Gasteiger partial charge on any atom is 0.328 e. The molecule has 2 aromatic heterocycles. The molecule has 0 saturated heterocycles. The van der Waals surface area contributed by atoms with Crippen molar-refractivity contribution in [1.29, 1.82) is 0 Å². The number of nitrogens with one attached hydrogen (secondary N) is 2. The number of Topliss-reactive ketones (excluding diaryl/α,β-unsaturated/α-hetero) is 1. The average molecular weight is 1220 g/mol. The third-order valence-electron chi connectivity index (χ3n) is 12.9. The van der Waals surface area contributed by atoms with Crippen LogP contribution in [0.5, 0.6) is 11.8 Å². The van der Waals surface area contributed by atoms with E-state index in [2.05, 4.69) is 70.8 Å². The molecule has 4 rings (SSSR count). The number of ether oxygens (including phenoxy) is 5. The van der Waals surface area contributed by atoms with E-state index >= 15 is 0 Å². The number of rotatable bonds is 27. The van der Waals surface area contributed by atoms with E-state index in [1.54, 1.807) is 58.3 Å². The molecule has 4 aromatic rings. The quantitative estimate of drug-likeness (QED) is 0.0250. The normalized spacial score (nSPS) is 12.2. The first kappa shape index (κ1) is 68.2. The Morgan fingerprint density at radius 3 is 1.40 bits per heavy atom. The van der Waals surface area contributed by atoms with E-state index in [-0.39, 0.29) is 50.1 Å². The van der Waals surface area contributed by atoms with Crippen LogP contribution in [-0.4, -0.2) is 104 Å². The zero-order valence-electron chi connectivity index (χ0n) is 47.1.